The van der Waals surface area contributed by atoms with Crippen molar-refractivity contribution in [3.05, 3.63) is 35.5 Å². The number of carbonyl (C=O) groups excluding carboxylic acids is 1. The summed E-state index contributed by atoms with van der Waals surface area (Å²) >= 11 is 0. The highest BCUT2D eigenvalue weighted by Crippen LogP contribution is 2.67. The molecule has 3 saturated carbocycles. The van der Waals surface area contributed by atoms with Crippen LogP contribution in [0.5, 0.6) is 0 Å². The van der Waals surface area contributed by atoms with E-state index in [1.807, 2.05) is 12.3 Å². The first kappa shape index (κ1) is 27.3. The molecule has 0 spiro atoms. The van der Waals surface area contributed by atoms with Gasteiger partial charge in [-0.1, -0.05) is 32.4 Å². The number of pyridine rings is 1. The maximum absolute atomic E-state index is 13.2. The predicted molar refractivity (Wildman–Crippen MR) is 157 cm³/mol. The zero-order valence-corrected chi connectivity index (χ0v) is 24.9. The van der Waals surface area contributed by atoms with E-state index in [2.05, 4.69) is 54.6 Å². The van der Waals surface area contributed by atoms with Crippen LogP contribution in [0.3, 0.4) is 0 Å². The standard InChI is InChI=1S/C34H51N3O2/c1-23-13-16-35-31(21-23)36-17-19-37(20-18-36)32(39)10-5-24(2)28-8-9-29-27-7-6-25-22-26(38)11-14-33(25,3)30(27)12-15-34(28,29)4/h6,13,16,21,24,26-30,38H,5,7-12,14-15,17-20,22H2,1-4H3/t24?,26-,27-,28+,29-,30-,33-,34+/m0/s1. The maximum atomic E-state index is 13.2. The van der Waals surface area contributed by atoms with Crippen LogP contribution in [-0.2, 0) is 4.79 Å². The number of hydrogen-bond acceptors (Lipinski definition) is 4. The van der Waals surface area contributed by atoms with Crippen LogP contribution in [0.1, 0.15) is 90.5 Å². The van der Waals surface area contributed by atoms with Crippen molar-refractivity contribution in [3.63, 3.8) is 0 Å². The van der Waals surface area contributed by atoms with E-state index in [9.17, 15) is 9.90 Å². The van der Waals surface area contributed by atoms with E-state index in [1.54, 1.807) is 5.57 Å². The molecular weight excluding hydrogens is 482 g/mol. The summed E-state index contributed by atoms with van der Waals surface area (Å²) in [5, 5.41) is 10.3. The number of hydrogen-bond donors (Lipinski definition) is 1. The number of piperazine rings is 1. The smallest absolute Gasteiger partial charge is 0.222 e. The first-order chi connectivity index (χ1) is 18.7. The molecule has 1 N–H and O–H groups in total. The van der Waals surface area contributed by atoms with Gasteiger partial charge in [-0.2, -0.15) is 0 Å². The average Bonchev–Trinajstić information content (AvgIpc) is 3.29. The Morgan fingerprint density at radius 1 is 1.10 bits per heavy atom. The third-order valence-corrected chi connectivity index (χ3v) is 12.5. The first-order valence-corrected chi connectivity index (χ1v) is 16.0. The molecule has 6 rings (SSSR count). The van der Waals surface area contributed by atoms with Crippen LogP contribution in [0.2, 0.25) is 0 Å². The second-order valence-electron chi connectivity index (χ2n) is 14.5. The molecule has 1 aliphatic heterocycles. The molecule has 8 atom stereocenters. The van der Waals surface area contributed by atoms with E-state index in [0.29, 0.717) is 29.1 Å². The molecule has 4 fully saturated rings. The molecule has 0 radical (unpaired) electrons. The molecule has 214 valence electrons. The highest BCUT2D eigenvalue weighted by Gasteiger charge is 2.59. The van der Waals surface area contributed by atoms with Gasteiger partial charge in [0.05, 0.1) is 6.10 Å². The first-order valence-electron chi connectivity index (χ1n) is 16.0. The van der Waals surface area contributed by atoms with Crippen LogP contribution in [-0.4, -0.2) is 53.2 Å². The Morgan fingerprint density at radius 2 is 1.90 bits per heavy atom. The van der Waals surface area contributed by atoms with Gasteiger partial charge < -0.3 is 14.9 Å². The molecule has 1 aromatic heterocycles. The third kappa shape index (κ3) is 4.85. The van der Waals surface area contributed by atoms with E-state index in [1.165, 1.54) is 44.1 Å². The lowest BCUT2D eigenvalue weighted by Crippen LogP contribution is -2.51. The number of anilines is 1. The Hall–Kier alpha value is -1.88. The van der Waals surface area contributed by atoms with Gasteiger partial charge in [0.1, 0.15) is 5.82 Å². The van der Waals surface area contributed by atoms with Gasteiger partial charge in [0, 0.05) is 38.8 Å². The summed E-state index contributed by atoms with van der Waals surface area (Å²) < 4.78 is 0. The normalized spacial score (nSPS) is 38.9. The van der Waals surface area contributed by atoms with E-state index in [-0.39, 0.29) is 6.10 Å². The molecule has 39 heavy (non-hydrogen) atoms. The molecule has 1 aromatic rings. The van der Waals surface area contributed by atoms with E-state index >= 15 is 0 Å². The zero-order valence-electron chi connectivity index (χ0n) is 24.9. The van der Waals surface area contributed by atoms with Gasteiger partial charge in [0.25, 0.3) is 0 Å². The van der Waals surface area contributed by atoms with Crippen molar-refractivity contribution in [1.29, 1.82) is 0 Å². The van der Waals surface area contributed by atoms with E-state index < -0.39 is 0 Å². The zero-order chi connectivity index (χ0) is 27.4. The minimum Gasteiger partial charge on any atom is -0.393 e. The summed E-state index contributed by atoms with van der Waals surface area (Å²) in [7, 11) is 0. The number of aliphatic hydroxyl groups is 1. The molecule has 5 aliphatic rings. The number of carbonyl (C=O) groups is 1. The predicted octanol–water partition coefficient (Wildman–Crippen LogP) is 6.39. The maximum Gasteiger partial charge on any atom is 0.222 e. The monoisotopic (exact) mass is 533 g/mol. The average molecular weight is 534 g/mol. The van der Waals surface area contributed by atoms with Crippen molar-refractivity contribution in [2.75, 3.05) is 31.1 Å². The SMILES string of the molecule is Cc1ccnc(N2CCN(C(=O)CCC(C)[C@H]3CC[C@H]4[C@@H]5CC=C6C[C@@H](O)CC[C@]6(C)[C@H]5CC[C@]34C)CC2)c1. The third-order valence-electron chi connectivity index (χ3n) is 12.5. The topological polar surface area (TPSA) is 56.7 Å². The van der Waals surface area contributed by atoms with Crippen LogP contribution < -0.4 is 4.90 Å². The highest BCUT2D eigenvalue weighted by atomic mass is 16.3. The fraction of sp³-hybridized carbons (Fsp3) is 0.765. The van der Waals surface area contributed by atoms with Gasteiger partial charge in [0.2, 0.25) is 5.91 Å². The number of aromatic nitrogens is 1. The number of allylic oxidation sites excluding steroid dienone is 1. The fourth-order valence-corrected chi connectivity index (χ4v) is 10.2. The summed E-state index contributed by atoms with van der Waals surface area (Å²) in [6.07, 6.45) is 15.7. The van der Waals surface area contributed by atoms with Crippen LogP contribution >= 0.6 is 0 Å². The second-order valence-corrected chi connectivity index (χ2v) is 14.5. The van der Waals surface area contributed by atoms with Gasteiger partial charge in [-0.15, -0.1) is 0 Å². The van der Waals surface area contributed by atoms with Crippen molar-refractivity contribution >= 4 is 11.7 Å². The minimum absolute atomic E-state index is 0.122. The minimum atomic E-state index is -0.122. The Morgan fingerprint density at radius 3 is 2.67 bits per heavy atom. The van der Waals surface area contributed by atoms with Gasteiger partial charge in [-0.3, -0.25) is 4.79 Å². The quantitative estimate of drug-likeness (QED) is 0.445. The molecule has 4 aliphatic carbocycles. The molecule has 0 bridgehead atoms. The molecule has 5 nitrogen and oxygen atoms in total. The molecule has 1 amide bonds. The number of nitrogens with zero attached hydrogens (tertiary/aromatic N) is 3. The van der Waals surface area contributed by atoms with Gasteiger partial charge >= 0.3 is 0 Å². The lowest BCUT2D eigenvalue weighted by Gasteiger charge is -2.58. The summed E-state index contributed by atoms with van der Waals surface area (Å²) in [5.74, 6) is 5.16. The number of amides is 1. The molecule has 1 saturated heterocycles. The van der Waals surface area contributed by atoms with Crippen molar-refractivity contribution in [3.8, 4) is 0 Å². The van der Waals surface area contributed by atoms with Gasteiger partial charge in [-0.25, -0.2) is 4.98 Å². The lowest BCUT2D eigenvalue weighted by atomic mass is 9.47. The van der Waals surface area contributed by atoms with E-state index in [4.69, 9.17) is 0 Å². The van der Waals surface area contributed by atoms with Crippen molar-refractivity contribution in [2.45, 2.75) is 98.0 Å². The van der Waals surface area contributed by atoms with Crippen molar-refractivity contribution in [2.24, 2.45) is 40.4 Å². The molecular formula is C34H51N3O2. The fourth-order valence-electron chi connectivity index (χ4n) is 10.2. The lowest BCUT2D eigenvalue weighted by molar-refractivity contribution is -0.132. The summed E-state index contributed by atoms with van der Waals surface area (Å²) in [6.45, 7) is 13.1. The number of rotatable bonds is 5. The van der Waals surface area contributed by atoms with Gasteiger partial charge in [0.15, 0.2) is 0 Å². The summed E-state index contributed by atoms with van der Waals surface area (Å²) in [5.41, 5.74) is 3.55. The molecule has 5 heteroatoms. The number of aliphatic hydroxyl groups excluding tert-OH is 1. The van der Waals surface area contributed by atoms with Crippen LogP contribution in [0.4, 0.5) is 5.82 Å². The Bertz CT molecular complexity index is 1090. The number of fused-ring (bicyclic) bond motifs is 5. The van der Waals surface area contributed by atoms with Crippen LogP contribution in [0.25, 0.3) is 0 Å². The Balaban J connectivity index is 1.04. The molecule has 1 unspecified atom stereocenters. The number of aryl methyl sites for hydroxylation is 1. The largest absolute Gasteiger partial charge is 0.393 e. The molecule has 0 aromatic carbocycles. The van der Waals surface area contributed by atoms with Crippen LogP contribution in [0, 0.1) is 47.3 Å². The van der Waals surface area contributed by atoms with E-state index in [0.717, 1.165) is 74.9 Å². The summed E-state index contributed by atoms with van der Waals surface area (Å²) in [6, 6.07) is 4.18. The van der Waals surface area contributed by atoms with Gasteiger partial charge in [-0.05, 0) is 123 Å². The van der Waals surface area contributed by atoms with Crippen LogP contribution in [0.15, 0.2) is 30.0 Å². The second kappa shape index (κ2) is 10.5. The van der Waals surface area contributed by atoms with Crippen molar-refractivity contribution in [1.82, 2.24) is 9.88 Å². The highest BCUT2D eigenvalue weighted by molar-refractivity contribution is 5.76. The van der Waals surface area contributed by atoms with Crippen molar-refractivity contribution < 1.29 is 9.90 Å². The Labute approximate surface area is 236 Å². The summed E-state index contributed by atoms with van der Waals surface area (Å²) in [4.78, 5) is 22.2. The molecule has 2 heterocycles. The Kier molecular flexibility index (Phi) is 7.35.